The van der Waals surface area contributed by atoms with E-state index < -0.39 is 0 Å². The summed E-state index contributed by atoms with van der Waals surface area (Å²) in [7, 11) is 0. The molecule has 0 aliphatic carbocycles. The Hall–Kier alpha value is -1.06. The summed E-state index contributed by atoms with van der Waals surface area (Å²) in [4.78, 5) is 22.4. The van der Waals surface area contributed by atoms with Crippen molar-refractivity contribution in [3.63, 3.8) is 0 Å². The highest BCUT2D eigenvalue weighted by atomic mass is 16.5. The average molecular weight is 286 g/mol. The van der Waals surface area contributed by atoms with Crippen molar-refractivity contribution in [2.75, 3.05) is 13.2 Å². The zero-order valence-electron chi connectivity index (χ0n) is 13.1. The molecule has 20 heavy (non-hydrogen) atoms. The molecular weight excluding hydrogens is 256 g/mol. The number of hydrogen-bond acceptors (Lipinski definition) is 4. The number of unbranched alkanes of at least 4 members (excludes halogenated alkanes) is 7. The van der Waals surface area contributed by atoms with Crippen molar-refractivity contribution in [2.45, 2.75) is 78.1 Å². The van der Waals surface area contributed by atoms with E-state index >= 15 is 0 Å². The SMILES string of the molecule is CCCCCCCCCCOC(=O)CCC(=O)OCC. The Balaban J connectivity index is 3.25. The van der Waals surface area contributed by atoms with Gasteiger partial charge in [-0.25, -0.2) is 0 Å². The highest BCUT2D eigenvalue weighted by Gasteiger charge is 2.08. The Morgan fingerprint density at radius 1 is 0.700 bits per heavy atom. The normalized spacial score (nSPS) is 10.3. The van der Waals surface area contributed by atoms with Crippen LogP contribution in [0.25, 0.3) is 0 Å². The smallest absolute Gasteiger partial charge is 0.306 e. The van der Waals surface area contributed by atoms with Gasteiger partial charge in [0.1, 0.15) is 0 Å². The first-order chi connectivity index (χ1) is 9.70. The van der Waals surface area contributed by atoms with Gasteiger partial charge in [-0.05, 0) is 13.3 Å². The Kier molecular flexibility index (Phi) is 13.6. The van der Waals surface area contributed by atoms with Crippen LogP contribution >= 0.6 is 0 Å². The lowest BCUT2D eigenvalue weighted by Crippen LogP contribution is -2.10. The second-order valence-electron chi connectivity index (χ2n) is 5.00. The number of rotatable bonds is 13. The third-order valence-electron chi connectivity index (χ3n) is 3.10. The van der Waals surface area contributed by atoms with Gasteiger partial charge in [-0.1, -0.05) is 51.9 Å². The molecule has 118 valence electrons. The molecule has 0 heterocycles. The van der Waals surface area contributed by atoms with Gasteiger partial charge in [0, 0.05) is 0 Å². The molecule has 0 saturated heterocycles. The van der Waals surface area contributed by atoms with Crippen LogP contribution < -0.4 is 0 Å². The van der Waals surface area contributed by atoms with Gasteiger partial charge in [0.15, 0.2) is 0 Å². The molecule has 0 rings (SSSR count). The first-order valence-electron chi connectivity index (χ1n) is 8.02. The highest BCUT2D eigenvalue weighted by molar-refractivity contribution is 5.77. The van der Waals surface area contributed by atoms with E-state index in [0.717, 1.165) is 12.8 Å². The summed E-state index contributed by atoms with van der Waals surface area (Å²) >= 11 is 0. The first-order valence-corrected chi connectivity index (χ1v) is 8.02. The van der Waals surface area contributed by atoms with Gasteiger partial charge < -0.3 is 9.47 Å². The molecule has 0 saturated carbocycles. The molecule has 0 amide bonds. The Labute approximate surface area is 123 Å². The molecule has 0 spiro atoms. The number of ether oxygens (including phenoxy) is 2. The van der Waals surface area contributed by atoms with Crippen LogP contribution in [-0.2, 0) is 19.1 Å². The maximum Gasteiger partial charge on any atom is 0.306 e. The van der Waals surface area contributed by atoms with Crippen molar-refractivity contribution in [2.24, 2.45) is 0 Å². The molecule has 4 heteroatoms. The molecule has 0 aliphatic rings. The minimum absolute atomic E-state index is 0.115. The molecule has 0 unspecified atom stereocenters. The largest absolute Gasteiger partial charge is 0.466 e. The fraction of sp³-hybridized carbons (Fsp3) is 0.875. The van der Waals surface area contributed by atoms with E-state index in [9.17, 15) is 9.59 Å². The third kappa shape index (κ3) is 13.4. The van der Waals surface area contributed by atoms with Crippen LogP contribution in [-0.4, -0.2) is 25.2 Å². The second kappa shape index (κ2) is 14.4. The van der Waals surface area contributed by atoms with Crippen LogP contribution in [0.4, 0.5) is 0 Å². The maximum absolute atomic E-state index is 11.3. The third-order valence-corrected chi connectivity index (χ3v) is 3.10. The number of carbonyl (C=O) groups is 2. The van der Waals surface area contributed by atoms with E-state index in [1.165, 1.54) is 38.5 Å². The number of hydrogen-bond donors (Lipinski definition) is 0. The summed E-state index contributed by atoms with van der Waals surface area (Å²) in [5.41, 5.74) is 0. The zero-order valence-corrected chi connectivity index (χ0v) is 13.1. The fourth-order valence-corrected chi connectivity index (χ4v) is 1.93. The monoisotopic (exact) mass is 286 g/mol. The quantitative estimate of drug-likeness (QED) is 0.379. The van der Waals surface area contributed by atoms with Gasteiger partial charge in [0.2, 0.25) is 0 Å². The molecule has 0 aliphatic heterocycles. The Bertz CT molecular complexity index is 251. The lowest BCUT2D eigenvalue weighted by Gasteiger charge is -2.05. The van der Waals surface area contributed by atoms with Crippen molar-refractivity contribution in [3.8, 4) is 0 Å². The predicted octanol–water partition coefficient (Wildman–Crippen LogP) is 4.01. The highest BCUT2D eigenvalue weighted by Crippen LogP contribution is 2.08. The van der Waals surface area contributed by atoms with Crippen molar-refractivity contribution in [1.29, 1.82) is 0 Å². The van der Waals surface area contributed by atoms with Gasteiger partial charge in [0.25, 0.3) is 0 Å². The molecule has 0 bridgehead atoms. The van der Waals surface area contributed by atoms with E-state index in [1.807, 2.05) is 0 Å². The first kappa shape index (κ1) is 18.9. The van der Waals surface area contributed by atoms with Crippen molar-refractivity contribution < 1.29 is 19.1 Å². The standard InChI is InChI=1S/C16H30O4/c1-3-5-6-7-8-9-10-11-14-20-16(18)13-12-15(17)19-4-2/h3-14H2,1-2H3. The summed E-state index contributed by atoms with van der Waals surface area (Å²) in [5, 5.41) is 0. The van der Waals surface area contributed by atoms with Crippen LogP contribution in [0.1, 0.15) is 78.1 Å². The maximum atomic E-state index is 11.3. The molecule has 0 aromatic rings. The number of esters is 2. The second-order valence-corrected chi connectivity index (χ2v) is 5.00. The fourth-order valence-electron chi connectivity index (χ4n) is 1.93. The molecule has 4 nitrogen and oxygen atoms in total. The molecule has 0 atom stereocenters. The minimum atomic E-state index is -0.337. The van der Waals surface area contributed by atoms with Crippen LogP contribution in [0.3, 0.4) is 0 Å². The molecule has 0 aromatic heterocycles. The van der Waals surface area contributed by atoms with Crippen molar-refractivity contribution in [3.05, 3.63) is 0 Å². The summed E-state index contributed by atoms with van der Waals surface area (Å²) < 4.78 is 9.81. The van der Waals surface area contributed by atoms with Gasteiger partial charge in [-0.2, -0.15) is 0 Å². The van der Waals surface area contributed by atoms with Gasteiger partial charge in [-0.3, -0.25) is 9.59 Å². The molecule has 0 radical (unpaired) electrons. The van der Waals surface area contributed by atoms with Crippen LogP contribution in [0.5, 0.6) is 0 Å². The van der Waals surface area contributed by atoms with E-state index in [1.54, 1.807) is 6.92 Å². The van der Waals surface area contributed by atoms with E-state index in [0.29, 0.717) is 13.2 Å². The van der Waals surface area contributed by atoms with E-state index in [-0.39, 0.29) is 24.8 Å². The van der Waals surface area contributed by atoms with Gasteiger partial charge in [-0.15, -0.1) is 0 Å². The Morgan fingerprint density at radius 3 is 1.75 bits per heavy atom. The summed E-state index contributed by atoms with van der Waals surface area (Å²) in [6.07, 6.45) is 10.0. The molecular formula is C16H30O4. The van der Waals surface area contributed by atoms with Gasteiger partial charge in [0.05, 0.1) is 26.1 Å². The lowest BCUT2D eigenvalue weighted by atomic mass is 10.1. The number of carbonyl (C=O) groups excluding carboxylic acids is 2. The molecule has 0 fully saturated rings. The van der Waals surface area contributed by atoms with Crippen LogP contribution in [0.2, 0.25) is 0 Å². The van der Waals surface area contributed by atoms with E-state index in [4.69, 9.17) is 9.47 Å². The van der Waals surface area contributed by atoms with E-state index in [2.05, 4.69) is 6.92 Å². The summed E-state index contributed by atoms with van der Waals surface area (Å²) in [6, 6.07) is 0. The average Bonchev–Trinajstić information content (AvgIpc) is 2.43. The molecule has 0 aromatic carbocycles. The molecule has 0 N–H and O–H groups in total. The van der Waals surface area contributed by atoms with Crippen molar-refractivity contribution in [1.82, 2.24) is 0 Å². The summed E-state index contributed by atoms with van der Waals surface area (Å²) in [5.74, 6) is -0.641. The van der Waals surface area contributed by atoms with Gasteiger partial charge >= 0.3 is 11.9 Å². The predicted molar refractivity (Wildman–Crippen MR) is 79.4 cm³/mol. The Morgan fingerprint density at radius 2 is 1.20 bits per heavy atom. The van der Waals surface area contributed by atoms with Crippen LogP contribution in [0, 0.1) is 0 Å². The minimum Gasteiger partial charge on any atom is -0.466 e. The van der Waals surface area contributed by atoms with Crippen LogP contribution in [0.15, 0.2) is 0 Å². The summed E-state index contributed by atoms with van der Waals surface area (Å²) in [6.45, 7) is 4.79. The topological polar surface area (TPSA) is 52.6 Å². The lowest BCUT2D eigenvalue weighted by molar-refractivity contribution is -0.150. The van der Waals surface area contributed by atoms with Crippen molar-refractivity contribution >= 4 is 11.9 Å². The zero-order chi connectivity index (χ0) is 15.1.